The third-order valence-corrected chi connectivity index (χ3v) is 1.96. The van der Waals surface area contributed by atoms with Crippen molar-refractivity contribution in [1.29, 1.82) is 0 Å². The van der Waals surface area contributed by atoms with Crippen LogP contribution in [0.25, 0.3) is 0 Å². The normalized spacial score (nSPS) is 10.9. The van der Waals surface area contributed by atoms with Crippen LogP contribution in [0.1, 0.15) is 19.4 Å². The molecule has 0 heterocycles. The van der Waals surface area contributed by atoms with E-state index in [-0.39, 0.29) is 0 Å². The second-order valence-electron chi connectivity index (χ2n) is 3.74. The Kier molecular flexibility index (Phi) is 4.61. The first kappa shape index (κ1) is 11.5. The van der Waals surface area contributed by atoms with Gasteiger partial charge in [0, 0.05) is 0 Å². The molecular formula is C13H16O2. The van der Waals surface area contributed by atoms with Crippen molar-refractivity contribution < 1.29 is 9.53 Å². The molecule has 2 nitrogen and oxygen atoms in total. The predicted octanol–water partition coefficient (Wildman–Crippen LogP) is 2.98. The Bertz CT molecular complexity index is 340. The number of allylic oxidation sites excluding steroid dienone is 2. The Balaban J connectivity index is 2.61. The number of carbonyl (C=O) groups is 1. The average Bonchev–Trinajstić information content (AvgIpc) is 2.18. The second-order valence-corrected chi connectivity index (χ2v) is 3.74. The zero-order valence-electron chi connectivity index (χ0n) is 9.14. The smallest absolute Gasteiger partial charge is 0.298 e. The molecule has 0 aromatic heterocycles. The van der Waals surface area contributed by atoms with Crippen molar-refractivity contribution in [2.75, 3.05) is 0 Å². The first-order valence-electron chi connectivity index (χ1n) is 5.08. The Hall–Kier alpha value is -1.57. The van der Waals surface area contributed by atoms with Crippen molar-refractivity contribution in [3.8, 4) is 5.75 Å². The molecule has 0 spiro atoms. The van der Waals surface area contributed by atoms with Crippen molar-refractivity contribution in [2.24, 2.45) is 5.92 Å². The molecule has 80 valence electrons. The van der Waals surface area contributed by atoms with Gasteiger partial charge in [0.05, 0.1) is 0 Å². The van der Waals surface area contributed by atoms with Crippen molar-refractivity contribution in [3.63, 3.8) is 0 Å². The number of carbonyl (C=O) groups excluding carboxylic acids is 1. The lowest BCUT2D eigenvalue weighted by molar-refractivity contribution is -0.120. The maximum absolute atomic E-state index is 10.2. The molecule has 1 aromatic carbocycles. The fourth-order valence-electron chi connectivity index (χ4n) is 1.28. The molecule has 1 aromatic rings. The maximum Gasteiger partial charge on any atom is 0.298 e. The highest BCUT2D eigenvalue weighted by molar-refractivity contribution is 5.45. The second kappa shape index (κ2) is 6.02. The highest BCUT2D eigenvalue weighted by Crippen LogP contribution is 2.13. The minimum Gasteiger partial charge on any atom is -0.429 e. The molecular weight excluding hydrogens is 188 g/mol. The van der Waals surface area contributed by atoms with E-state index in [0.29, 0.717) is 18.1 Å². The molecule has 0 aliphatic rings. The summed E-state index contributed by atoms with van der Waals surface area (Å²) in [5.74, 6) is 1.17. The molecule has 0 fully saturated rings. The van der Waals surface area contributed by atoms with Crippen molar-refractivity contribution in [1.82, 2.24) is 0 Å². The van der Waals surface area contributed by atoms with Gasteiger partial charge < -0.3 is 4.74 Å². The molecule has 0 N–H and O–H groups in total. The molecule has 0 saturated carbocycles. The van der Waals surface area contributed by atoms with Crippen LogP contribution in [0.15, 0.2) is 36.4 Å². The van der Waals surface area contributed by atoms with E-state index in [1.807, 2.05) is 18.2 Å². The van der Waals surface area contributed by atoms with Gasteiger partial charge in [-0.3, -0.25) is 4.79 Å². The zero-order chi connectivity index (χ0) is 11.1. The molecule has 0 bridgehead atoms. The lowest BCUT2D eigenvalue weighted by Gasteiger charge is -2.00. The van der Waals surface area contributed by atoms with E-state index >= 15 is 0 Å². The summed E-state index contributed by atoms with van der Waals surface area (Å²) < 4.78 is 4.77. The van der Waals surface area contributed by atoms with Crippen LogP contribution in [0.5, 0.6) is 5.75 Å². The third kappa shape index (κ3) is 4.45. The van der Waals surface area contributed by atoms with E-state index in [1.165, 1.54) is 0 Å². The van der Waals surface area contributed by atoms with E-state index in [0.717, 1.165) is 12.0 Å². The lowest BCUT2D eigenvalue weighted by atomic mass is 10.1. The van der Waals surface area contributed by atoms with Crippen molar-refractivity contribution in [2.45, 2.75) is 20.3 Å². The summed E-state index contributed by atoms with van der Waals surface area (Å²) in [4.78, 5) is 10.2. The fourth-order valence-corrected chi connectivity index (χ4v) is 1.28. The summed E-state index contributed by atoms with van der Waals surface area (Å²) >= 11 is 0. The molecule has 0 amide bonds. The summed E-state index contributed by atoms with van der Waals surface area (Å²) in [5.41, 5.74) is 1.14. The molecule has 2 heteroatoms. The van der Waals surface area contributed by atoms with Gasteiger partial charge in [0.25, 0.3) is 6.47 Å². The quantitative estimate of drug-likeness (QED) is 0.544. The maximum atomic E-state index is 10.2. The van der Waals surface area contributed by atoms with Crippen LogP contribution >= 0.6 is 0 Å². The van der Waals surface area contributed by atoms with Gasteiger partial charge in [-0.25, -0.2) is 0 Å². The van der Waals surface area contributed by atoms with E-state index in [9.17, 15) is 4.79 Å². The van der Waals surface area contributed by atoms with Crippen LogP contribution in [0.3, 0.4) is 0 Å². The molecule has 0 aliphatic heterocycles. The van der Waals surface area contributed by atoms with Crippen LogP contribution < -0.4 is 4.74 Å². The van der Waals surface area contributed by atoms with Crippen LogP contribution in [-0.2, 0) is 11.2 Å². The molecule has 0 saturated heterocycles. The van der Waals surface area contributed by atoms with Crippen LogP contribution in [-0.4, -0.2) is 6.47 Å². The third-order valence-electron chi connectivity index (χ3n) is 1.96. The predicted molar refractivity (Wildman–Crippen MR) is 60.8 cm³/mol. The van der Waals surface area contributed by atoms with Crippen LogP contribution in [0, 0.1) is 5.92 Å². The molecule has 0 aliphatic carbocycles. The molecule has 0 radical (unpaired) electrons. The van der Waals surface area contributed by atoms with Gasteiger partial charge in [-0.15, -0.1) is 0 Å². The average molecular weight is 204 g/mol. The topological polar surface area (TPSA) is 26.3 Å². The summed E-state index contributed by atoms with van der Waals surface area (Å²) in [6.45, 7) is 4.73. The Morgan fingerprint density at radius 3 is 2.87 bits per heavy atom. The number of hydrogen-bond acceptors (Lipinski definition) is 2. The number of hydrogen-bond donors (Lipinski definition) is 0. The lowest BCUT2D eigenvalue weighted by Crippen LogP contribution is -1.90. The first-order chi connectivity index (χ1) is 7.22. The first-order valence-corrected chi connectivity index (χ1v) is 5.08. The van der Waals surface area contributed by atoms with E-state index in [4.69, 9.17) is 4.74 Å². The zero-order valence-corrected chi connectivity index (χ0v) is 9.14. The standard InChI is InChI=1S/C13H16O2/c1-11(2)5-3-6-12-7-4-8-13(9-12)15-10-14/h3-5,7-11H,6H2,1-2H3/b5-3+. The molecule has 0 unspecified atom stereocenters. The minimum absolute atomic E-state index is 0.447. The van der Waals surface area contributed by atoms with Gasteiger partial charge in [-0.05, 0) is 30.0 Å². The van der Waals surface area contributed by atoms with Crippen molar-refractivity contribution in [3.05, 3.63) is 42.0 Å². The van der Waals surface area contributed by atoms with Crippen molar-refractivity contribution >= 4 is 6.47 Å². The summed E-state index contributed by atoms with van der Waals surface area (Å²) in [6.07, 6.45) is 5.16. The summed E-state index contributed by atoms with van der Waals surface area (Å²) in [5, 5.41) is 0. The Labute approximate surface area is 90.6 Å². The summed E-state index contributed by atoms with van der Waals surface area (Å²) in [7, 11) is 0. The number of rotatable bonds is 5. The monoisotopic (exact) mass is 204 g/mol. The minimum atomic E-state index is 0.447. The fraction of sp³-hybridized carbons (Fsp3) is 0.308. The molecule has 0 atom stereocenters. The van der Waals surface area contributed by atoms with Gasteiger partial charge in [0.1, 0.15) is 5.75 Å². The largest absolute Gasteiger partial charge is 0.429 e. The van der Waals surface area contributed by atoms with E-state index < -0.39 is 0 Å². The number of ether oxygens (including phenoxy) is 1. The van der Waals surface area contributed by atoms with E-state index in [2.05, 4.69) is 26.0 Å². The van der Waals surface area contributed by atoms with Gasteiger partial charge in [0.2, 0.25) is 0 Å². The van der Waals surface area contributed by atoms with Gasteiger partial charge in [-0.2, -0.15) is 0 Å². The highest BCUT2D eigenvalue weighted by atomic mass is 16.5. The molecule has 1 rings (SSSR count). The Morgan fingerprint density at radius 2 is 2.20 bits per heavy atom. The van der Waals surface area contributed by atoms with Gasteiger partial charge in [0.15, 0.2) is 0 Å². The van der Waals surface area contributed by atoms with Gasteiger partial charge >= 0.3 is 0 Å². The van der Waals surface area contributed by atoms with Gasteiger partial charge in [-0.1, -0.05) is 38.1 Å². The SMILES string of the molecule is CC(C)/C=C/Cc1cccc(OC=O)c1. The number of benzene rings is 1. The Morgan fingerprint density at radius 1 is 1.40 bits per heavy atom. The van der Waals surface area contributed by atoms with E-state index in [1.54, 1.807) is 6.07 Å². The summed E-state index contributed by atoms with van der Waals surface area (Å²) in [6, 6.07) is 7.54. The van der Waals surface area contributed by atoms with Crippen LogP contribution in [0.4, 0.5) is 0 Å². The molecule has 15 heavy (non-hydrogen) atoms. The van der Waals surface area contributed by atoms with Crippen LogP contribution in [0.2, 0.25) is 0 Å². The highest BCUT2D eigenvalue weighted by Gasteiger charge is 1.94.